The molecule has 0 rings (SSSR count). The van der Waals surface area contributed by atoms with Gasteiger partial charge in [-0.2, -0.15) is 8.42 Å². The third-order valence-electron chi connectivity index (χ3n) is 0.168. The summed E-state index contributed by atoms with van der Waals surface area (Å²) in [6, 6.07) is 0. The molecule has 0 radical (unpaired) electrons. The molecular weight excluding hydrogens is 162 g/mol. The Morgan fingerprint density at radius 3 is 2.38 bits per heavy atom. The zero-order valence-electron chi connectivity index (χ0n) is 3.37. The van der Waals surface area contributed by atoms with Crippen molar-refractivity contribution in [3.63, 3.8) is 0 Å². The molecule has 6 nitrogen and oxygen atoms in total. The Bertz CT molecular complexity index is 137. The summed E-state index contributed by atoms with van der Waals surface area (Å²) in [7, 11) is -4.39. The van der Waals surface area contributed by atoms with Crippen molar-refractivity contribution >= 4 is 10.3 Å². The van der Waals surface area contributed by atoms with Crippen LogP contribution < -0.4 is 9.54 Å². The summed E-state index contributed by atoms with van der Waals surface area (Å²) < 4.78 is 39.4. The van der Waals surface area contributed by atoms with Gasteiger partial charge in [-0.05, 0) is 4.89 Å². The van der Waals surface area contributed by atoms with Crippen LogP contribution in [0.3, 0.4) is 0 Å². The van der Waals surface area contributed by atoms with Crippen LogP contribution in [-0.4, -0.2) is 13.0 Å². The average molecular weight is 164 g/mol. The maximum absolute atomic E-state index is 9.55. The summed E-state index contributed by atoms with van der Waals surface area (Å²) >= 11 is -0.0732. The molecule has 8 heavy (non-hydrogen) atoms. The van der Waals surface area contributed by atoms with E-state index in [0.717, 1.165) is 4.89 Å². The second-order valence-electron chi connectivity index (χ2n) is 0.699. The number of hydrogen-bond donors (Lipinski definition) is 2. The van der Waals surface area contributed by atoms with Crippen LogP contribution in [0.25, 0.3) is 0 Å². The molecule has 8 heteroatoms. The highest BCUT2D eigenvalue weighted by Crippen LogP contribution is 1.70. The Balaban J connectivity index is 3.42. The minimum atomic E-state index is -4.39. The lowest BCUT2D eigenvalue weighted by molar-refractivity contribution is -1.27. The van der Waals surface area contributed by atoms with E-state index in [0.29, 0.717) is 0 Å². The SMILES string of the molecule is O=S(=O)(O)NO[Cl+][O-]. The maximum Gasteiger partial charge on any atom is 0.360 e. The number of hydrogen-bond acceptors (Lipinski definition) is 4. The molecule has 0 aromatic carbocycles. The van der Waals surface area contributed by atoms with Crippen LogP contribution in [0.4, 0.5) is 0 Å². The topological polar surface area (TPSA) is 98.7 Å². The van der Waals surface area contributed by atoms with Gasteiger partial charge in [-0.25, -0.2) is 0 Å². The fourth-order valence-corrected chi connectivity index (χ4v) is 0.474. The molecule has 0 heterocycles. The van der Waals surface area contributed by atoms with E-state index in [9.17, 15) is 13.1 Å². The minimum absolute atomic E-state index is 0.0732. The summed E-state index contributed by atoms with van der Waals surface area (Å²) in [5.41, 5.74) is 0. The Hall–Kier alpha value is 0.0800. The number of rotatable bonds is 3. The van der Waals surface area contributed by atoms with Gasteiger partial charge < -0.3 is 4.66 Å². The molecule has 0 spiro atoms. The van der Waals surface area contributed by atoms with Gasteiger partial charge in [0.05, 0.1) is 0 Å². The van der Waals surface area contributed by atoms with E-state index in [2.05, 4.69) is 4.39 Å². The van der Waals surface area contributed by atoms with Gasteiger partial charge in [-0.15, -0.1) is 0 Å². The number of halogens is 1. The van der Waals surface area contributed by atoms with Gasteiger partial charge in [0.25, 0.3) is 0 Å². The second-order valence-corrected chi connectivity index (χ2v) is 2.10. The van der Waals surface area contributed by atoms with Crippen LogP contribution >= 0.6 is 0 Å². The van der Waals surface area contributed by atoms with Gasteiger partial charge in [0.15, 0.2) is 0 Å². The van der Waals surface area contributed by atoms with Crippen molar-refractivity contribution in [3.8, 4) is 0 Å². The summed E-state index contributed by atoms with van der Waals surface area (Å²) in [5, 5.41) is 0. The second kappa shape index (κ2) is 3.17. The molecule has 0 bridgehead atoms. The third kappa shape index (κ3) is 6.08. The van der Waals surface area contributed by atoms with Crippen LogP contribution in [0, 0.1) is 11.3 Å². The van der Waals surface area contributed by atoms with E-state index < -0.39 is 10.3 Å². The first-order valence-corrected chi connectivity index (χ1v) is 3.29. The zero-order chi connectivity index (χ0) is 6.62. The van der Waals surface area contributed by atoms with Crippen LogP contribution in [-0.2, 0) is 14.7 Å². The molecule has 0 saturated heterocycles. The van der Waals surface area contributed by atoms with Crippen LogP contribution in [0.1, 0.15) is 0 Å². The largest absolute Gasteiger partial charge is 0.504 e. The first kappa shape index (κ1) is 8.08. The summed E-state index contributed by atoms with van der Waals surface area (Å²) in [4.78, 5) is 1.03. The molecule has 50 valence electrons. The molecule has 0 aromatic heterocycles. The Labute approximate surface area is 49.4 Å². The van der Waals surface area contributed by atoms with Gasteiger partial charge in [-0.3, -0.25) is 4.55 Å². The lowest BCUT2D eigenvalue weighted by atomic mass is 13.5. The van der Waals surface area contributed by atoms with Gasteiger partial charge >= 0.3 is 21.6 Å². The van der Waals surface area contributed by atoms with Gasteiger partial charge in [0, 0.05) is 4.39 Å². The standard InChI is InChI=1S/ClH2NO5S/c3-1-7-2-8(4,5)6/h2H,(H,4,5,6). The molecular formula is H2ClNO5S. The molecule has 0 amide bonds. The van der Waals surface area contributed by atoms with Gasteiger partial charge in [0.2, 0.25) is 0 Å². The van der Waals surface area contributed by atoms with E-state index in [4.69, 9.17) is 4.55 Å². The fourth-order valence-electron chi connectivity index (χ4n) is 0.0527. The number of nitrogens with one attached hydrogen (secondary N) is 1. The Morgan fingerprint density at radius 1 is 1.75 bits per heavy atom. The molecule has 0 aromatic rings. The zero-order valence-corrected chi connectivity index (χ0v) is 4.94. The van der Waals surface area contributed by atoms with Crippen LogP contribution in [0.2, 0.25) is 0 Å². The normalized spacial score (nSPS) is 11.8. The van der Waals surface area contributed by atoms with Crippen LogP contribution in [0.15, 0.2) is 0 Å². The van der Waals surface area contributed by atoms with E-state index in [1.165, 1.54) is 0 Å². The van der Waals surface area contributed by atoms with Crippen molar-refractivity contribution in [2.45, 2.75) is 0 Å². The monoisotopic (exact) mass is 163 g/mol. The first-order chi connectivity index (χ1) is 3.56. The molecule has 0 saturated carbocycles. The van der Waals surface area contributed by atoms with Crippen molar-refractivity contribution in [1.82, 2.24) is 4.89 Å². The minimum Gasteiger partial charge on any atom is -0.504 e. The highest BCUT2D eigenvalue weighted by Gasteiger charge is 2.04. The van der Waals surface area contributed by atoms with E-state index >= 15 is 0 Å². The van der Waals surface area contributed by atoms with Crippen molar-refractivity contribution in [2.24, 2.45) is 0 Å². The molecule has 0 aliphatic rings. The summed E-state index contributed by atoms with van der Waals surface area (Å²) in [6.45, 7) is 0. The summed E-state index contributed by atoms with van der Waals surface area (Å²) in [6.07, 6.45) is 0. The van der Waals surface area contributed by atoms with E-state index in [-0.39, 0.29) is 11.3 Å². The van der Waals surface area contributed by atoms with E-state index in [1.807, 2.05) is 0 Å². The lowest BCUT2D eigenvalue weighted by Gasteiger charge is -1.86. The van der Waals surface area contributed by atoms with Crippen molar-refractivity contribution in [2.75, 3.05) is 0 Å². The van der Waals surface area contributed by atoms with Crippen molar-refractivity contribution < 1.29 is 33.3 Å². The molecule has 0 aliphatic heterocycles. The predicted octanol–water partition coefficient (Wildman–Crippen LogP) is -2.41. The molecule has 2 N–H and O–H groups in total. The quantitative estimate of drug-likeness (QED) is 0.357. The lowest BCUT2D eigenvalue weighted by Crippen LogP contribution is -2.25. The average Bonchev–Trinajstić information content (AvgIpc) is 1.59. The van der Waals surface area contributed by atoms with Gasteiger partial charge in [-0.1, -0.05) is 0 Å². The third-order valence-corrected chi connectivity index (χ3v) is 0.694. The predicted molar refractivity (Wildman–Crippen MR) is 15.8 cm³/mol. The Morgan fingerprint density at radius 2 is 2.25 bits per heavy atom. The molecule has 0 unspecified atom stereocenters. The maximum atomic E-state index is 9.55. The molecule has 0 aliphatic carbocycles. The summed E-state index contributed by atoms with van der Waals surface area (Å²) in [5.74, 6) is 0. The van der Waals surface area contributed by atoms with Crippen molar-refractivity contribution in [1.29, 1.82) is 0 Å². The highest BCUT2D eigenvalue weighted by atomic mass is 35.6. The molecule has 0 fully saturated rings. The Kier molecular flexibility index (Phi) is 3.21. The molecule has 0 atom stereocenters. The van der Waals surface area contributed by atoms with E-state index in [1.54, 1.807) is 0 Å². The van der Waals surface area contributed by atoms with Gasteiger partial charge in [0.1, 0.15) is 0 Å². The fraction of sp³-hybridized carbons (Fsp3) is 0. The van der Waals surface area contributed by atoms with Crippen molar-refractivity contribution in [3.05, 3.63) is 0 Å². The smallest absolute Gasteiger partial charge is 0.360 e. The first-order valence-electron chi connectivity index (χ1n) is 1.23. The van der Waals surface area contributed by atoms with Crippen LogP contribution in [0.5, 0.6) is 0 Å². The highest BCUT2D eigenvalue weighted by molar-refractivity contribution is 7.83.